The molecule has 2 fully saturated rings. The Balaban J connectivity index is 0.000000384. The Morgan fingerprint density at radius 2 is 0.765 bits per heavy atom. The maximum Gasteiger partial charge on any atom is 0.328 e. The van der Waals surface area contributed by atoms with Crippen LogP contribution >= 0.6 is 0 Å². The van der Waals surface area contributed by atoms with Crippen LogP contribution in [0, 0.1) is 0 Å². The average Bonchev–Trinajstić information content (AvgIpc) is 1.62. The van der Waals surface area contributed by atoms with E-state index in [0.717, 1.165) is 50.9 Å². The number of esters is 4. The maximum absolute atomic E-state index is 12.4. The number of nitrogens with one attached hydrogen (secondary N) is 3. The zero-order chi connectivity index (χ0) is 86.7. The molecule has 634 valence electrons. The SMILES string of the molecule is CC(C)(C)OC(=O)CC[C@@H](N=C([O-])OCC1c2ccccc2-c2ccccc21)C(=O)O.CN.CNC(=O)[C@@H](CCC(=O)OC(C)(C)C)N1CCCC1=O.CNC(=O)[C@@H](CCC(=O)OC(C)(C)C)N=C([O-])OCC1c2ccccc2-c2ccccc21.CNC(=O)[C@H](N)CCC(=O)OC(C)(C)C.NC(=O)[C@@H](CCC(=O)O)N1CCCC1=O. The van der Waals surface area contributed by atoms with Crippen LogP contribution in [-0.4, -0.2) is 211 Å². The van der Waals surface area contributed by atoms with Crippen molar-refractivity contribution in [1.82, 2.24) is 25.8 Å². The minimum Gasteiger partial charge on any atom is -0.599 e. The van der Waals surface area contributed by atoms with Crippen LogP contribution in [0.15, 0.2) is 107 Å². The van der Waals surface area contributed by atoms with Crippen molar-refractivity contribution in [2.24, 2.45) is 27.2 Å². The Labute approximate surface area is 673 Å². The second kappa shape index (κ2) is 47.0. The molecule has 0 aromatic heterocycles. The fourth-order valence-corrected chi connectivity index (χ4v) is 12.4. The molecule has 2 aliphatic heterocycles. The predicted octanol–water partition coefficient (Wildman–Crippen LogP) is 5.80. The van der Waals surface area contributed by atoms with E-state index in [-0.39, 0.29) is 112 Å². The lowest BCUT2D eigenvalue weighted by Crippen LogP contribution is -2.46. The molecular weight excluding hydrogens is 1490 g/mol. The maximum atomic E-state index is 12.4. The van der Waals surface area contributed by atoms with Crippen molar-refractivity contribution >= 4 is 83.4 Å². The van der Waals surface area contributed by atoms with Gasteiger partial charge in [-0.15, -0.1) is 0 Å². The van der Waals surface area contributed by atoms with Crippen LogP contribution in [0.4, 0.5) is 0 Å². The number of nitrogens with zero attached hydrogens (tertiary/aromatic N) is 4. The summed E-state index contributed by atoms with van der Waals surface area (Å²) in [4.78, 5) is 148. The van der Waals surface area contributed by atoms with Gasteiger partial charge in [0.2, 0.25) is 35.4 Å². The number of likely N-dealkylation sites (tertiary alicyclic amines) is 2. The molecule has 32 nitrogen and oxygen atoms in total. The van der Waals surface area contributed by atoms with Crippen LogP contribution in [0.2, 0.25) is 0 Å². The van der Waals surface area contributed by atoms with E-state index in [1.165, 1.54) is 33.1 Å². The minimum atomic E-state index is -1.37. The van der Waals surface area contributed by atoms with E-state index >= 15 is 0 Å². The number of benzene rings is 4. The Morgan fingerprint density at radius 1 is 0.461 bits per heavy atom. The molecule has 115 heavy (non-hydrogen) atoms. The van der Waals surface area contributed by atoms with Crippen molar-refractivity contribution in [3.05, 3.63) is 119 Å². The lowest BCUT2D eigenvalue weighted by Gasteiger charge is -2.26. The number of hydrogen-bond acceptors (Lipinski definition) is 24. The van der Waals surface area contributed by atoms with Crippen LogP contribution in [0.1, 0.15) is 207 Å². The van der Waals surface area contributed by atoms with Crippen molar-refractivity contribution in [2.45, 2.75) is 237 Å². The molecule has 5 atom stereocenters. The summed E-state index contributed by atoms with van der Waals surface area (Å²) in [5, 5.41) is 50.0. The molecule has 4 aromatic rings. The van der Waals surface area contributed by atoms with Gasteiger partial charge in [-0.3, -0.25) is 62.7 Å². The first-order valence-corrected chi connectivity index (χ1v) is 38.2. The van der Waals surface area contributed by atoms with Gasteiger partial charge in [-0.25, -0.2) is 4.79 Å². The zero-order valence-corrected chi connectivity index (χ0v) is 69.1. The zero-order valence-electron chi connectivity index (χ0n) is 69.1. The van der Waals surface area contributed by atoms with Crippen molar-refractivity contribution in [2.75, 3.05) is 54.5 Å². The van der Waals surface area contributed by atoms with Gasteiger partial charge in [0.15, 0.2) is 0 Å². The first kappa shape index (κ1) is 98.2. The molecule has 0 bridgehead atoms. The summed E-state index contributed by atoms with van der Waals surface area (Å²) in [6.45, 7) is 22.5. The fraction of sp³-hybridized carbons (Fsp3) is 0.542. The molecule has 4 aromatic carbocycles. The lowest BCUT2D eigenvalue weighted by molar-refractivity contribution is -0.252. The van der Waals surface area contributed by atoms with Gasteiger partial charge < -0.3 is 91.8 Å². The average molecular weight is 1610 g/mol. The standard InChI is InChI=1S/C25H30N2O5.C24H27NO6.C14H24N2O4.C10H20N2O3.C9H14N2O4.CH5N/c1-25(2,3)32-22(28)14-13-21(23(29)26-4)27-24(30)31-15-20-18-11-7-5-9-16(18)17-10-6-8-12-19(17)20;1-24(2,3)31-21(26)13-12-20(22(27)28)25-23(29)30-14-19-17-10-6-4-8-15(17)16-9-5-7-11-18(16)19;1-14(2,3)20-12(18)8-7-10(13(19)15-4)16-9-5-6-11(16)17;1-10(2,3)15-8(13)6-5-7(11)9(14)12-4;10-9(15)6(3-4-8(13)14)11-5-1-2-7(11)12;1-2/h5-12,20-21H,13-15H2,1-4H3,(H,26,29)(H,27,30);4-11,19-20H,12-14H2,1-3H3,(H,25,29)(H,27,28);10H,5-9H2,1-4H3,(H,15,19);7H,5-6,11H2,1-4H3,(H,12,14);6H,1-5H2,(H2,10,15)(H,13,14);2H2,1H3/p-2/t21-;20-;10-;7-;6-;/m11111./s1. The summed E-state index contributed by atoms with van der Waals surface area (Å²) >= 11 is 0. The quantitative estimate of drug-likeness (QED) is 0.0144. The van der Waals surface area contributed by atoms with Gasteiger partial charge >= 0.3 is 35.8 Å². The molecule has 0 spiro atoms. The molecule has 6 amide bonds. The fourth-order valence-electron chi connectivity index (χ4n) is 12.4. The van der Waals surface area contributed by atoms with E-state index in [2.05, 4.69) is 43.8 Å². The number of carboxylic acids is 2. The summed E-state index contributed by atoms with van der Waals surface area (Å²) < 4.78 is 31.5. The smallest absolute Gasteiger partial charge is 0.328 e. The summed E-state index contributed by atoms with van der Waals surface area (Å²) in [5.74, 6) is -5.93. The topological polar surface area (TPSA) is 492 Å². The Bertz CT molecular complexity index is 3910. The minimum absolute atomic E-state index is 0.0252. The van der Waals surface area contributed by atoms with E-state index in [9.17, 15) is 72.9 Å². The highest BCUT2D eigenvalue weighted by molar-refractivity contribution is 5.90. The summed E-state index contributed by atoms with van der Waals surface area (Å²) in [7, 11) is 6.00. The van der Waals surface area contributed by atoms with Crippen LogP contribution in [0.3, 0.4) is 0 Å². The first-order chi connectivity index (χ1) is 53.9. The molecule has 11 N–H and O–H groups in total. The molecule has 0 radical (unpaired) electrons. The number of aliphatic imine (C=N–C) groups is 2. The third-order valence-electron chi connectivity index (χ3n) is 17.3. The molecule has 0 unspecified atom stereocenters. The van der Waals surface area contributed by atoms with Crippen LogP contribution in [-0.2, 0) is 86.0 Å². The van der Waals surface area contributed by atoms with Crippen LogP contribution in [0.5, 0.6) is 0 Å². The van der Waals surface area contributed by atoms with Gasteiger partial charge in [0, 0.05) is 104 Å². The number of carbonyl (C=O) groups excluding carboxylic acids is 10. The highest BCUT2D eigenvalue weighted by Crippen LogP contribution is 2.46. The number of carboxylic acid groups (broad SMARTS) is 2. The number of primary amides is 1. The van der Waals surface area contributed by atoms with Crippen LogP contribution < -0.4 is 43.4 Å². The monoisotopic (exact) mass is 1610 g/mol. The van der Waals surface area contributed by atoms with Gasteiger partial charge in [0.05, 0.1) is 6.04 Å². The molecule has 32 heteroatoms. The van der Waals surface area contributed by atoms with E-state index in [0.29, 0.717) is 45.2 Å². The third-order valence-corrected chi connectivity index (χ3v) is 17.3. The number of hydrogen-bond donors (Lipinski definition) is 8. The number of rotatable bonds is 28. The van der Waals surface area contributed by atoms with Crippen molar-refractivity contribution in [1.29, 1.82) is 0 Å². The molecule has 4 aliphatic rings. The highest BCUT2D eigenvalue weighted by Gasteiger charge is 2.36. The van der Waals surface area contributed by atoms with Gasteiger partial charge in [0.1, 0.15) is 58.7 Å². The van der Waals surface area contributed by atoms with E-state index in [4.69, 9.17) is 45.0 Å². The summed E-state index contributed by atoms with van der Waals surface area (Å²) in [6.07, 6.45) is 1.10. The second-order valence-corrected chi connectivity index (χ2v) is 30.9. The largest absolute Gasteiger partial charge is 0.599 e. The Kier molecular flexibility index (Phi) is 40.1. The predicted molar refractivity (Wildman–Crippen MR) is 426 cm³/mol. The first-order valence-electron chi connectivity index (χ1n) is 38.2. The molecule has 0 saturated carbocycles. The molecule has 8 rings (SSSR count). The number of carbonyl (C=O) groups is 12. The van der Waals surface area contributed by atoms with E-state index in [1.807, 2.05) is 84.9 Å². The van der Waals surface area contributed by atoms with Gasteiger partial charge in [-0.2, -0.15) is 0 Å². The van der Waals surface area contributed by atoms with Crippen molar-refractivity contribution < 1.29 is 106 Å². The molecular formula is C83H118N10O22-2. The van der Waals surface area contributed by atoms with Crippen molar-refractivity contribution in [3.63, 3.8) is 0 Å². The number of nitrogens with two attached hydrogens (primary N) is 3. The van der Waals surface area contributed by atoms with Gasteiger partial charge in [0.25, 0.3) is 0 Å². The Hall–Kier alpha value is -11.0. The molecule has 2 aliphatic carbocycles. The van der Waals surface area contributed by atoms with E-state index in [1.54, 1.807) is 88.0 Å². The number of ether oxygens (including phenoxy) is 6. The van der Waals surface area contributed by atoms with Gasteiger partial charge in [-0.1, -0.05) is 97.1 Å². The number of likely N-dealkylation sites (N-methyl/N-ethyl adjacent to an activating group) is 3. The number of fused-ring (bicyclic) bond motifs is 6. The van der Waals surface area contributed by atoms with Crippen LogP contribution in [0.25, 0.3) is 22.3 Å². The van der Waals surface area contributed by atoms with Crippen molar-refractivity contribution in [3.8, 4) is 22.3 Å². The second-order valence-electron chi connectivity index (χ2n) is 30.9. The van der Waals surface area contributed by atoms with Gasteiger partial charge in [-0.05, 0) is 180 Å². The summed E-state index contributed by atoms with van der Waals surface area (Å²) in [6, 6.07) is 27.5. The normalized spacial score (nSPS) is 14.9. The Morgan fingerprint density at radius 3 is 1.07 bits per heavy atom. The summed E-state index contributed by atoms with van der Waals surface area (Å²) in [5.41, 5.74) is 21.6. The highest BCUT2D eigenvalue weighted by atomic mass is 16.6. The number of aliphatic carboxylic acids is 2. The molecule has 2 saturated heterocycles. The lowest BCUT2D eigenvalue weighted by atomic mass is 9.98. The number of amides is 6. The van der Waals surface area contributed by atoms with E-state index < -0.39 is 100 Å². The molecule has 2 heterocycles. The third kappa shape index (κ3) is 34.7.